The molecular formula is C19H21ClFN3O3. The van der Waals surface area contributed by atoms with Crippen LogP contribution in [0.4, 0.5) is 20.6 Å². The second-order valence-corrected chi connectivity index (χ2v) is 6.48. The number of amides is 2. The van der Waals surface area contributed by atoms with E-state index < -0.39 is 5.82 Å². The van der Waals surface area contributed by atoms with Crippen LogP contribution in [0.1, 0.15) is 0 Å². The molecule has 1 aliphatic heterocycles. The molecular weight excluding hydrogens is 373 g/mol. The van der Waals surface area contributed by atoms with Crippen LogP contribution >= 0.6 is 11.6 Å². The van der Waals surface area contributed by atoms with Crippen LogP contribution in [0, 0.1) is 5.82 Å². The highest BCUT2D eigenvalue weighted by Crippen LogP contribution is 2.33. The number of hydrogen-bond acceptors (Lipinski definition) is 4. The Balaban J connectivity index is 1.63. The largest absolute Gasteiger partial charge is 0.497 e. The number of benzene rings is 2. The molecule has 0 atom stereocenters. The van der Waals surface area contributed by atoms with Crippen molar-refractivity contribution in [2.24, 2.45) is 0 Å². The third kappa shape index (κ3) is 4.36. The van der Waals surface area contributed by atoms with Crippen molar-refractivity contribution in [3.8, 4) is 11.5 Å². The van der Waals surface area contributed by atoms with Gasteiger partial charge in [-0.05, 0) is 30.3 Å². The van der Waals surface area contributed by atoms with Crippen molar-refractivity contribution in [3.63, 3.8) is 0 Å². The van der Waals surface area contributed by atoms with Gasteiger partial charge in [0.2, 0.25) is 0 Å². The maximum atomic E-state index is 13.2. The highest BCUT2D eigenvalue weighted by molar-refractivity contribution is 6.31. The van der Waals surface area contributed by atoms with Gasteiger partial charge in [0, 0.05) is 37.9 Å². The van der Waals surface area contributed by atoms with Crippen molar-refractivity contribution in [2.45, 2.75) is 0 Å². The van der Waals surface area contributed by atoms with Gasteiger partial charge >= 0.3 is 6.03 Å². The number of piperazine rings is 1. The Morgan fingerprint density at radius 1 is 1.07 bits per heavy atom. The lowest BCUT2D eigenvalue weighted by atomic mass is 10.2. The quantitative estimate of drug-likeness (QED) is 0.857. The number of hydrogen-bond donors (Lipinski definition) is 1. The summed E-state index contributed by atoms with van der Waals surface area (Å²) in [7, 11) is 3.25. The highest BCUT2D eigenvalue weighted by atomic mass is 35.5. The van der Waals surface area contributed by atoms with Crippen molar-refractivity contribution < 1.29 is 18.7 Å². The number of anilines is 2. The van der Waals surface area contributed by atoms with E-state index >= 15 is 0 Å². The zero-order valence-corrected chi connectivity index (χ0v) is 15.9. The Labute approximate surface area is 162 Å². The third-order valence-corrected chi connectivity index (χ3v) is 4.75. The molecule has 2 aromatic carbocycles. The van der Waals surface area contributed by atoms with Crippen LogP contribution in [0.2, 0.25) is 5.02 Å². The average molecular weight is 394 g/mol. The van der Waals surface area contributed by atoms with E-state index in [1.807, 2.05) is 18.2 Å². The van der Waals surface area contributed by atoms with Crippen molar-refractivity contribution in [1.82, 2.24) is 4.90 Å². The smallest absolute Gasteiger partial charge is 0.321 e. The fourth-order valence-electron chi connectivity index (χ4n) is 2.97. The van der Waals surface area contributed by atoms with Crippen molar-refractivity contribution in [1.29, 1.82) is 0 Å². The van der Waals surface area contributed by atoms with E-state index in [2.05, 4.69) is 10.2 Å². The lowest BCUT2D eigenvalue weighted by Crippen LogP contribution is -2.50. The number of urea groups is 1. The first-order valence-electron chi connectivity index (χ1n) is 8.50. The molecule has 8 heteroatoms. The summed E-state index contributed by atoms with van der Waals surface area (Å²) >= 11 is 5.75. The van der Waals surface area contributed by atoms with Gasteiger partial charge < -0.3 is 24.6 Å². The maximum absolute atomic E-state index is 13.2. The first-order chi connectivity index (χ1) is 13.0. The van der Waals surface area contributed by atoms with Gasteiger partial charge in [0.15, 0.2) is 0 Å². The second kappa shape index (κ2) is 8.35. The Hall–Kier alpha value is -2.67. The minimum atomic E-state index is -0.518. The molecule has 0 spiro atoms. The first-order valence-corrected chi connectivity index (χ1v) is 8.87. The topological polar surface area (TPSA) is 54.0 Å². The van der Waals surface area contributed by atoms with E-state index in [9.17, 15) is 9.18 Å². The summed E-state index contributed by atoms with van der Waals surface area (Å²) in [6.45, 7) is 2.39. The van der Waals surface area contributed by atoms with Crippen LogP contribution in [0.5, 0.6) is 11.5 Å². The molecule has 0 aliphatic carbocycles. The fourth-order valence-corrected chi connectivity index (χ4v) is 3.15. The lowest BCUT2D eigenvalue weighted by Gasteiger charge is -2.36. The Kier molecular flexibility index (Phi) is 5.91. The first kappa shape index (κ1) is 19.1. The molecule has 1 N–H and O–H groups in total. The number of nitrogens with one attached hydrogen (secondary N) is 1. The summed E-state index contributed by atoms with van der Waals surface area (Å²) < 4.78 is 24.0. The van der Waals surface area contributed by atoms with Gasteiger partial charge in [0.25, 0.3) is 0 Å². The molecule has 1 fully saturated rings. The van der Waals surface area contributed by atoms with Gasteiger partial charge in [0.1, 0.15) is 17.3 Å². The summed E-state index contributed by atoms with van der Waals surface area (Å²) in [5.74, 6) is 0.990. The van der Waals surface area contributed by atoms with E-state index in [1.165, 1.54) is 18.2 Å². The summed E-state index contributed by atoms with van der Waals surface area (Å²) in [4.78, 5) is 16.3. The SMILES string of the molecule is COc1ccc(OC)c(N2CCN(C(=O)Nc3ccc(F)c(Cl)c3)CC2)c1. The lowest BCUT2D eigenvalue weighted by molar-refractivity contribution is 0.208. The van der Waals surface area contributed by atoms with Crippen LogP contribution in [0.25, 0.3) is 0 Å². The summed E-state index contributed by atoms with van der Waals surface area (Å²) in [5.41, 5.74) is 1.39. The molecule has 1 saturated heterocycles. The predicted octanol–water partition coefficient (Wildman–Crippen LogP) is 3.85. The summed E-state index contributed by atoms with van der Waals surface area (Å²) in [6, 6.07) is 9.50. The summed E-state index contributed by atoms with van der Waals surface area (Å²) in [5, 5.41) is 2.72. The molecule has 2 amide bonds. The summed E-state index contributed by atoms with van der Waals surface area (Å²) in [6.07, 6.45) is 0. The minimum absolute atomic E-state index is 0.0252. The van der Waals surface area contributed by atoms with Crippen molar-refractivity contribution in [3.05, 3.63) is 47.2 Å². The normalized spacial score (nSPS) is 14.1. The number of methoxy groups -OCH3 is 2. The zero-order chi connectivity index (χ0) is 19.4. The van der Waals surface area contributed by atoms with Crippen LogP contribution in [0.15, 0.2) is 36.4 Å². The van der Waals surface area contributed by atoms with Gasteiger partial charge in [0.05, 0.1) is 24.9 Å². The van der Waals surface area contributed by atoms with E-state index in [4.69, 9.17) is 21.1 Å². The minimum Gasteiger partial charge on any atom is -0.497 e. The second-order valence-electron chi connectivity index (χ2n) is 6.07. The number of carbonyl (C=O) groups excluding carboxylic acids is 1. The molecule has 0 saturated carbocycles. The average Bonchev–Trinajstić information content (AvgIpc) is 2.70. The third-order valence-electron chi connectivity index (χ3n) is 4.46. The number of nitrogens with zero attached hydrogens (tertiary/aromatic N) is 2. The molecule has 0 bridgehead atoms. The van der Waals surface area contributed by atoms with Crippen LogP contribution in [-0.2, 0) is 0 Å². The zero-order valence-electron chi connectivity index (χ0n) is 15.2. The van der Waals surface area contributed by atoms with Crippen LogP contribution < -0.4 is 19.7 Å². The van der Waals surface area contributed by atoms with E-state index in [1.54, 1.807) is 19.1 Å². The van der Waals surface area contributed by atoms with Gasteiger partial charge in [-0.2, -0.15) is 0 Å². The van der Waals surface area contributed by atoms with Crippen molar-refractivity contribution >= 4 is 29.0 Å². The number of halogens is 2. The molecule has 2 aromatic rings. The molecule has 0 aromatic heterocycles. The molecule has 144 valence electrons. The van der Waals surface area contributed by atoms with E-state index in [-0.39, 0.29) is 11.1 Å². The molecule has 27 heavy (non-hydrogen) atoms. The van der Waals surface area contributed by atoms with E-state index in [0.717, 1.165) is 17.2 Å². The van der Waals surface area contributed by atoms with Gasteiger partial charge in [-0.3, -0.25) is 0 Å². The Bertz CT molecular complexity index is 826. The molecule has 1 heterocycles. The highest BCUT2D eigenvalue weighted by Gasteiger charge is 2.23. The maximum Gasteiger partial charge on any atom is 0.321 e. The molecule has 3 rings (SSSR count). The van der Waals surface area contributed by atoms with Crippen molar-refractivity contribution in [2.75, 3.05) is 50.6 Å². The number of carbonyl (C=O) groups is 1. The predicted molar refractivity (Wildman–Crippen MR) is 104 cm³/mol. The standard InChI is InChI=1S/C19H21ClFN3O3/c1-26-14-4-6-18(27-2)17(12-14)23-7-9-24(10-8-23)19(25)22-13-3-5-16(21)15(20)11-13/h3-6,11-12H,7-10H2,1-2H3,(H,22,25). The number of rotatable bonds is 4. The van der Waals surface area contributed by atoms with Crippen LogP contribution in [-0.4, -0.2) is 51.3 Å². The van der Waals surface area contributed by atoms with E-state index in [0.29, 0.717) is 31.9 Å². The molecule has 0 unspecified atom stereocenters. The molecule has 0 radical (unpaired) electrons. The Morgan fingerprint density at radius 3 is 2.44 bits per heavy atom. The van der Waals surface area contributed by atoms with Crippen LogP contribution in [0.3, 0.4) is 0 Å². The van der Waals surface area contributed by atoms with Gasteiger partial charge in [-0.25, -0.2) is 9.18 Å². The molecule has 1 aliphatic rings. The van der Waals surface area contributed by atoms with Gasteiger partial charge in [-0.1, -0.05) is 11.6 Å². The monoisotopic (exact) mass is 393 g/mol. The fraction of sp³-hybridized carbons (Fsp3) is 0.316. The Morgan fingerprint density at radius 2 is 1.81 bits per heavy atom. The van der Waals surface area contributed by atoms with Gasteiger partial charge in [-0.15, -0.1) is 0 Å². The molecule has 6 nitrogen and oxygen atoms in total. The number of ether oxygens (including phenoxy) is 2.